The van der Waals surface area contributed by atoms with Gasteiger partial charge in [-0.25, -0.2) is 4.68 Å². The number of benzene rings is 1. The number of rotatable bonds is 3. The van der Waals surface area contributed by atoms with Crippen LogP contribution >= 0.6 is 0 Å². The smallest absolute Gasteiger partial charge is 0.227 e. The van der Waals surface area contributed by atoms with Gasteiger partial charge in [-0.3, -0.25) is 4.79 Å². The van der Waals surface area contributed by atoms with E-state index in [1.807, 2.05) is 24.3 Å². The van der Waals surface area contributed by atoms with Crippen molar-refractivity contribution < 1.29 is 4.79 Å². The highest BCUT2D eigenvalue weighted by Gasteiger charge is 2.38. The van der Waals surface area contributed by atoms with Crippen LogP contribution < -0.4 is 5.32 Å². The maximum absolute atomic E-state index is 11.8. The van der Waals surface area contributed by atoms with Crippen molar-refractivity contribution in [2.24, 2.45) is 11.8 Å². The van der Waals surface area contributed by atoms with E-state index in [1.165, 1.54) is 6.33 Å². The van der Waals surface area contributed by atoms with Gasteiger partial charge in [-0.05, 0) is 47.0 Å². The van der Waals surface area contributed by atoms with Crippen molar-refractivity contribution in [1.29, 1.82) is 0 Å². The van der Waals surface area contributed by atoms with Crippen molar-refractivity contribution in [2.45, 2.75) is 13.3 Å². The number of aromatic nitrogens is 4. The average molecular weight is 243 g/mol. The zero-order chi connectivity index (χ0) is 12.5. The minimum Gasteiger partial charge on any atom is -0.326 e. The Kier molecular flexibility index (Phi) is 2.55. The molecule has 1 heterocycles. The molecule has 2 atom stereocenters. The van der Waals surface area contributed by atoms with Crippen molar-refractivity contribution in [1.82, 2.24) is 20.2 Å². The maximum atomic E-state index is 11.8. The first-order valence-corrected chi connectivity index (χ1v) is 5.88. The topological polar surface area (TPSA) is 72.7 Å². The van der Waals surface area contributed by atoms with E-state index in [-0.39, 0.29) is 11.8 Å². The summed E-state index contributed by atoms with van der Waals surface area (Å²) in [5, 5.41) is 13.8. The van der Waals surface area contributed by atoms with E-state index in [1.54, 1.807) is 4.68 Å². The third-order valence-corrected chi connectivity index (χ3v) is 3.19. The van der Waals surface area contributed by atoms with Crippen molar-refractivity contribution in [3.63, 3.8) is 0 Å². The normalized spacial score (nSPS) is 21.6. The third kappa shape index (κ3) is 2.09. The molecule has 0 spiro atoms. The van der Waals surface area contributed by atoms with Gasteiger partial charge < -0.3 is 5.32 Å². The molecular weight excluding hydrogens is 230 g/mol. The fourth-order valence-electron chi connectivity index (χ4n) is 1.90. The summed E-state index contributed by atoms with van der Waals surface area (Å²) in [6.07, 6.45) is 2.52. The van der Waals surface area contributed by atoms with Crippen molar-refractivity contribution in [3.8, 4) is 5.69 Å². The first kappa shape index (κ1) is 10.9. The lowest BCUT2D eigenvalue weighted by atomic mass is 10.2. The summed E-state index contributed by atoms with van der Waals surface area (Å²) in [5.74, 6) is 0.812. The van der Waals surface area contributed by atoms with Crippen molar-refractivity contribution >= 4 is 11.6 Å². The predicted molar refractivity (Wildman–Crippen MR) is 65.1 cm³/mol. The van der Waals surface area contributed by atoms with Crippen molar-refractivity contribution in [2.75, 3.05) is 5.32 Å². The molecule has 1 saturated carbocycles. The molecule has 1 aromatic carbocycles. The monoisotopic (exact) mass is 243 g/mol. The minimum atomic E-state index is 0.109. The first-order valence-electron chi connectivity index (χ1n) is 5.88. The number of tetrazole rings is 1. The first-order chi connectivity index (χ1) is 8.74. The molecule has 0 radical (unpaired) electrons. The van der Waals surface area contributed by atoms with Crippen LogP contribution in [0.2, 0.25) is 0 Å². The lowest BCUT2D eigenvalue weighted by Gasteiger charge is -2.05. The van der Waals surface area contributed by atoms with E-state index >= 15 is 0 Å². The third-order valence-electron chi connectivity index (χ3n) is 3.19. The number of amides is 1. The largest absolute Gasteiger partial charge is 0.326 e. The van der Waals surface area contributed by atoms with Crippen LogP contribution in [0, 0.1) is 11.8 Å². The number of carbonyl (C=O) groups is 1. The molecule has 1 aliphatic rings. The van der Waals surface area contributed by atoms with Gasteiger partial charge in [0, 0.05) is 11.6 Å². The van der Waals surface area contributed by atoms with Gasteiger partial charge in [0.2, 0.25) is 5.91 Å². The van der Waals surface area contributed by atoms with Crippen LogP contribution in [0.25, 0.3) is 5.69 Å². The van der Waals surface area contributed by atoms with Crippen LogP contribution in [0.15, 0.2) is 30.6 Å². The number of hydrogen-bond donors (Lipinski definition) is 1. The Labute approximate surface area is 104 Å². The van der Waals surface area contributed by atoms with Crippen LogP contribution in [0.1, 0.15) is 13.3 Å². The Morgan fingerprint density at radius 1 is 1.39 bits per heavy atom. The molecule has 0 bridgehead atoms. The summed E-state index contributed by atoms with van der Waals surface area (Å²) in [6, 6.07) is 7.43. The molecule has 1 fully saturated rings. The second kappa shape index (κ2) is 4.21. The highest BCUT2D eigenvalue weighted by molar-refractivity contribution is 5.94. The Hall–Kier alpha value is -2.24. The molecule has 0 unspecified atom stereocenters. The van der Waals surface area contributed by atoms with Crippen LogP contribution in [0.4, 0.5) is 5.69 Å². The minimum absolute atomic E-state index is 0.109. The molecule has 0 saturated heterocycles. The molecule has 0 aliphatic heterocycles. The summed E-state index contributed by atoms with van der Waals surface area (Å²) in [5.41, 5.74) is 1.66. The molecule has 6 nitrogen and oxygen atoms in total. The van der Waals surface area contributed by atoms with Gasteiger partial charge in [0.15, 0.2) is 0 Å². The quantitative estimate of drug-likeness (QED) is 0.880. The molecule has 1 aliphatic carbocycles. The lowest BCUT2D eigenvalue weighted by Crippen LogP contribution is -2.14. The fourth-order valence-corrected chi connectivity index (χ4v) is 1.90. The van der Waals surface area contributed by atoms with Gasteiger partial charge >= 0.3 is 0 Å². The fraction of sp³-hybridized carbons (Fsp3) is 0.333. The lowest BCUT2D eigenvalue weighted by molar-refractivity contribution is -0.117. The van der Waals surface area contributed by atoms with Gasteiger partial charge in [0.05, 0.1) is 5.69 Å². The van der Waals surface area contributed by atoms with E-state index in [4.69, 9.17) is 0 Å². The number of anilines is 1. The molecule has 1 aromatic heterocycles. The number of hydrogen-bond acceptors (Lipinski definition) is 4. The van der Waals surface area contributed by atoms with E-state index in [0.29, 0.717) is 5.92 Å². The van der Waals surface area contributed by atoms with Gasteiger partial charge in [-0.15, -0.1) is 5.10 Å². The highest BCUT2D eigenvalue weighted by Crippen LogP contribution is 2.38. The molecular formula is C12H13N5O. The Morgan fingerprint density at radius 3 is 2.67 bits per heavy atom. The second-order valence-corrected chi connectivity index (χ2v) is 4.61. The predicted octanol–water partition coefficient (Wildman–Crippen LogP) is 1.26. The Balaban J connectivity index is 1.69. The van der Waals surface area contributed by atoms with Crippen molar-refractivity contribution in [3.05, 3.63) is 30.6 Å². The van der Waals surface area contributed by atoms with Crippen LogP contribution in [0.3, 0.4) is 0 Å². The molecule has 18 heavy (non-hydrogen) atoms. The van der Waals surface area contributed by atoms with E-state index in [2.05, 4.69) is 27.8 Å². The highest BCUT2D eigenvalue weighted by atomic mass is 16.2. The van der Waals surface area contributed by atoms with E-state index in [9.17, 15) is 4.79 Å². The van der Waals surface area contributed by atoms with Crippen LogP contribution in [0.5, 0.6) is 0 Å². The SMILES string of the molecule is C[C@@H]1C[C@H]1C(=O)Nc1ccc(-n2cnnn2)cc1. The number of carbonyl (C=O) groups excluding carboxylic acids is 1. The second-order valence-electron chi connectivity index (χ2n) is 4.61. The molecule has 92 valence electrons. The standard InChI is InChI=1S/C12H13N5O/c1-8-6-11(8)12(18)14-9-2-4-10(5-3-9)17-7-13-15-16-17/h2-5,7-8,11H,6H2,1H3,(H,14,18)/t8-,11-/m1/s1. The maximum Gasteiger partial charge on any atom is 0.227 e. The van der Waals surface area contributed by atoms with Crippen LogP contribution in [-0.4, -0.2) is 26.1 Å². The van der Waals surface area contributed by atoms with Crippen LogP contribution in [-0.2, 0) is 4.79 Å². The molecule has 3 rings (SSSR count). The van der Waals surface area contributed by atoms with Gasteiger partial charge in [0.25, 0.3) is 0 Å². The summed E-state index contributed by atoms with van der Waals surface area (Å²) in [6.45, 7) is 2.09. The summed E-state index contributed by atoms with van der Waals surface area (Å²) in [7, 11) is 0. The molecule has 1 N–H and O–H groups in total. The zero-order valence-electron chi connectivity index (χ0n) is 9.95. The summed E-state index contributed by atoms with van der Waals surface area (Å²) in [4.78, 5) is 11.8. The molecule has 6 heteroatoms. The average Bonchev–Trinajstić information content (AvgIpc) is 2.91. The summed E-state index contributed by atoms with van der Waals surface area (Å²) < 4.78 is 1.56. The van der Waals surface area contributed by atoms with Gasteiger partial charge in [0.1, 0.15) is 6.33 Å². The Bertz CT molecular complexity index is 548. The molecule has 2 aromatic rings. The van der Waals surface area contributed by atoms with E-state index in [0.717, 1.165) is 17.8 Å². The van der Waals surface area contributed by atoms with Gasteiger partial charge in [-0.1, -0.05) is 6.92 Å². The Morgan fingerprint density at radius 2 is 2.11 bits per heavy atom. The molecule has 1 amide bonds. The number of nitrogens with zero attached hydrogens (tertiary/aromatic N) is 4. The number of nitrogens with one attached hydrogen (secondary N) is 1. The van der Waals surface area contributed by atoms with Gasteiger partial charge in [-0.2, -0.15) is 0 Å². The van der Waals surface area contributed by atoms with E-state index < -0.39 is 0 Å². The zero-order valence-corrected chi connectivity index (χ0v) is 9.95. The summed E-state index contributed by atoms with van der Waals surface area (Å²) >= 11 is 0.